The van der Waals surface area contributed by atoms with Crippen LogP contribution in [0.5, 0.6) is 0 Å². The fraction of sp³-hybridized carbons (Fsp3) is 0.857. The molecule has 0 bridgehead atoms. The molecule has 0 rings (SSSR count). The zero-order valence-electron chi connectivity index (χ0n) is 46.3. The second-order valence-corrected chi connectivity index (χ2v) is 20.6. The third-order valence-corrected chi connectivity index (χ3v) is 13.6. The van der Waals surface area contributed by atoms with Gasteiger partial charge in [-0.15, -0.1) is 0 Å². The molecule has 0 aromatic heterocycles. The van der Waals surface area contributed by atoms with E-state index in [0.29, 0.717) is 19.3 Å². The second-order valence-electron chi connectivity index (χ2n) is 20.6. The average molecular weight is 970 g/mol. The van der Waals surface area contributed by atoms with Crippen molar-refractivity contribution >= 4 is 17.9 Å². The fourth-order valence-corrected chi connectivity index (χ4v) is 9.00. The molecule has 0 unspecified atom stereocenters. The summed E-state index contributed by atoms with van der Waals surface area (Å²) >= 11 is 0. The van der Waals surface area contributed by atoms with Gasteiger partial charge in [-0.25, -0.2) is 0 Å². The molecule has 6 nitrogen and oxygen atoms in total. The van der Waals surface area contributed by atoms with Crippen LogP contribution in [0.15, 0.2) is 36.5 Å². The maximum absolute atomic E-state index is 12.9. The number of rotatable bonds is 56. The zero-order chi connectivity index (χ0) is 50.0. The van der Waals surface area contributed by atoms with Crippen LogP contribution in [0, 0.1) is 0 Å². The first-order chi connectivity index (χ1) is 34.0. The summed E-state index contributed by atoms with van der Waals surface area (Å²) in [5, 5.41) is 0. The molecule has 404 valence electrons. The van der Waals surface area contributed by atoms with E-state index in [1.54, 1.807) is 0 Å². The number of unbranched alkanes of at least 4 members (excludes halogenated alkanes) is 39. The van der Waals surface area contributed by atoms with Crippen LogP contribution in [0.2, 0.25) is 0 Å². The quantitative estimate of drug-likeness (QED) is 0.0261. The topological polar surface area (TPSA) is 78.9 Å². The zero-order valence-corrected chi connectivity index (χ0v) is 46.3. The molecule has 0 aromatic carbocycles. The highest BCUT2D eigenvalue weighted by atomic mass is 16.6. The molecule has 0 spiro atoms. The Morgan fingerprint density at radius 1 is 0.290 bits per heavy atom. The molecule has 69 heavy (non-hydrogen) atoms. The van der Waals surface area contributed by atoms with Gasteiger partial charge in [-0.1, -0.05) is 269 Å². The number of carbonyl (C=O) groups is 3. The van der Waals surface area contributed by atoms with Gasteiger partial charge in [0.25, 0.3) is 0 Å². The van der Waals surface area contributed by atoms with Crippen LogP contribution < -0.4 is 0 Å². The summed E-state index contributed by atoms with van der Waals surface area (Å²) in [4.78, 5) is 38.2. The molecule has 0 saturated carbocycles. The molecule has 0 N–H and O–H groups in total. The molecule has 0 radical (unpaired) electrons. The van der Waals surface area contributed by atoms with Crippen molar-refractivity contribution in [2.24, 2.45) is 0 Å². The molecule has 0 amide bonds. The highest BCUT2D eigenvalue weighted by Crippen LogP contribution is 2.17. The number of esters is 3. The maximum Gasteiger partial charge on any atom is 0.306 e. The van der Waals surface area contributed by atoms with E-state index in [0.717, 1.165) is 77.0 Å². The van der Waals surface area contributed by atoms with Crippen molar-refractivity contribution in [1.29, 1.82) is 0 Å². The van der Waals surface area contributed by atoms with Crippen LogP contribution in [0.1, 0.15) is 329 Å². The van der Waals surface area contributed by atoms with Crippen LogP contribution in [-0.4, -0.2) is 37.2 Å². The van der Waals surface area contributed by atoms with Gasteiger partial charge in [0.1, 0.15) is 13.2 Å². The predicted molar refractivity (Wildman–Crippen MR) is 298 cm³/mol. The molecule has 0 aliphatic carbocycles. The highest BCUT2D eigenvalue weighted by Gasteiger charge is 2.19. The lowest BCUT2D eigenvalue weighted by Crippen LogP contribution is -2.30. The van der Waals surface area contributed by atoms with E-state index in [2.05, 4.69) is 57.2 Å². The Morgan fingerprint density at radius 3 is 0.841 bits per heavy atom. The molecular weight excluding hydrogens is 853 g/mol. The van der Waals surface area contributed by atoms with Crippen molar-refractivity contribution in [2.75, 3.05) is 13.2 Å². The van der Waals surface area contributed by atoms with Gasteiger partial charge in [-0.2, -0.15) is 0 Å². The highest BCUT2D eigenvalue weighted by molar-refractivity contribution is 5.71. The van der Waals surface area contributed by atoms with E-state index < -0.39 is 6.10 Å². The molecule has 0 saturated heterocycles. The lowest BCUT2D eigenvalue weighted by Gasteiger charge is -2.18. The van der Waals surface area contributed by atoms with E-state index in [-0.39, 0.29) is 31.1 Å². The number of ether oxygens (including phenoxy) is 3. The molecular formula is C63H116O6. The number of hydrogen-bond acceptors (Lipinski definition) is 6. The summed E-state index contributed by atoms with van der Waals surface area (Å²) in [5.74, 6) is -0.869. The van der Waals surface area contributed by atoms with Crippen molar-refractivity contribution < 1.29 is 28.6 Å². The number of carbonyl (C=O) groups excluding carboxylic acids is 3. The molecule has 0 aliphatic rings. The minimum atomic E-state index is -0.776. The fourth-order valence-electron chi connectivity index (χ4n) is 9.00. The standard InChI is InChI=1S/C63H116O6/c1-4-7-10-13-16-19-22-25-28-30-31-33-35-38-41-44-47-50-53-56-62(65)68-59-60(58-67-61(64)55-52-49-46-43-40-37-34-27-24-21-18-15-12-9-6-3)69-63(66)57-54-51-48-45-42-39-36-32-29-26-23-20-17-14-11-8-5-2/h18,21,25,27-28,34,60H,4-17,19-20,22-24,26,29-33,35-59H2,1-3H3/b21-18-,28-25-,34-27-/t60-/m1/s1. The van der Waals surface area contributed by atoms with Crippen LogP contribution in [0.25, 0.3) is 0 Å². The number of allylic oxidation sites excluding steroid dienone is 6. The Kier molecular flexibility index (Phi) is 56.2. The van der Waals surface area contributed by atoms with Crippen LogP contribution in [-0.2, 0) is 28.6 Å². The van der Waals surface area contributed by atoms with Gasteiger partial charge >= 0.3 is 17.9 Å². The predicted octanol–water partition coefficient (Wildman–Crippen LogP) is 20.4. The lowest BCUT2D eigenvalue weighted by atomic mass is 10.0. The number of hydrogen-bond donors (Lipinski definition) is 0. The van der Waals surface area contributed by atoms with Gasteiger partial charge in [-0.3, -0.25) is 14.4 Å². The minimum absolute atomic E-state index is 0.0739. The van der Waals surface area contributed by atoms with E-state index in [1.165, 1.54) is 212 Å². The monoisotopic (exact) mass is 969 g/mol. The summed E-state index contributed by atoms with van der Waals surface area (Å²) in [6, 6.07) is 0. The third-order valence-electron chi connectivity index (χ3n) is 13.6. The smallest absolute Gasteiger partial charge is 0.306 e. The first-order valence-corrected chi connectivity index (χ1v) is 30.5. The van der Waals surface area contributed by atoms with Gasteiger partial charge < -0.3 is 14.2 Å². The van der Waals surface area contributed by atoms with Crippen molar-refractivity contribution in [3.8, 4) is 0 Å². The Balaban J connectivity index is 4.34. The lowest BCUT2D eigenvalue weighted by molar-refractivity contribution is -0.167. The van der Waals surface area contributed by atoms with Crippen molar-refractivity contribution in [1.82, 2.24) is 0 Å². The van der Waals surface area contributed by atoms with Gasteiger partial charge in [0.2, 0.25) is 0 Å². The molecule has 0 fully saturated rings. The Labute approximate surface area is 429 Å². The van der Waals surface area contributed by atoms with E-state index >= 15 is 0 Å². The first kappa shape index (κ1) is 66.6. The normalized spacial score (nSPS) is 12.2. The van der Waals surface area contributed by atoms with Crippen LogP contribution >= 0.6 is 0 Å². The van der Waals surface area contributed by atoms with Gasteiger partial charge in [0.15, 0.2) is 6.10 Å². The van der Waals surface area contributed by atoms with Crippen molar-refractivity contribution in [3.05, 3.63) is 36.5 Å². The summed E-state index contributed by atoms with van der Waals surface area (Å²) in [5.41, 5.74) is 0. The average Bonchev–Trinajstić information content (AvgIpc) is 3.35. The largest absolute Gasteiger partial charge is 0.462 e. The van der Waals surface area contributed by atoms with E-state index in [1.807, 2.05) is 0 Å². The molecule has 0 aliphatic heterocycles. The molecule has 0 aromatic rings. The SMILES string of the molecule is CCCCC/C=C\C/C=C\CCCCCCCC(=O)OC[C@H](COC(=O)CCCCCCCCCCC/C=C\CCCCCCCC)OC(=O)CCCCCCCCCCCCCCCCCCC. The van der Waals surface area contributed by atoms with Crippen molar-refractivity contribution in [2.45, 2.75) is 335 Å². The molecule has 1 atom stereocenters. The van der Waals surface area contributed by atoms with E-state index in [4.69, 9.17) is 14.2 Å². The van der Waals surface area contributed by atoms with Crippen LogP contribution in [0.3, 0.4) is 0 Å². The molecule has 0 heterocycles. The Morgan fingerprint density at radius 2 is 0.522 bits per heavy atom. The van der Waals surface area contributed by atoms with Gasteiger partial charge in [-0.05, 0) is 77.0 Å². The summed E-state index contributed by atoms with van der Waals surface area (Å²) in [6.45, 7) is 6.65. The van der Waals surface area contributed by atoms with Crippen LogP contribution in [0.4, 0.5) is 0 Å². The summed E-state index contributed by atoms with van der Waals surface area (Å²) in [7, 11) is 0. The first-order valence-electron chi connectivity index (χ1n) is 30.5. The summed E-state index contributed by atoms with van der Waals surface area (Å²) in [6.07, 6.45) is 69.9. The maximum atomic E-state index is 12.9. The second kappa shape index (κ2) is 58.2. The van der Waals surface area contributed by atoms with Gasteiger partial charge in [0.05, 0.1) is 0 Å². The van der Waals surface area contributed by atoms with Gasteiger partial charge in [0, 0.05) is 19.3 Å². The third kappa shape index (κ3) is 56.4. The molecule has 6 heteroatoms. The summed E-state index contributed by atoms with van der Waals surface area (Å²) < 4.78 is 16.9. The Bertz CT molecular complexity index is 1160. The van der Waals surface area contributed by atoms with E-state index in [9.17, 15) is 14.4 Å². The minimum Gasteiger partial charge on any atom is -0.462 e. The Hall–Kier alpha value is -2.37. The van der Waals surface area contributed by atoms with Crippen molar-refractivity contribution in [3.63, 3.8) is 0 Å².